The third-order valence-corrected chi connectivity index (χ3v) is 1.77. The Balaban J connectivity index is 4.22. The molecule has 0 saturated heterocycles. The fraction of sp³-hybridized carbons (Fsp3) is 0.800. The summed E-state index contributed by atoms with van der Waals surface area (Å²) in [6.07, 6.45) is -0.325. The normalized spacial score (nSPS) is 12.2. The van der Waals surface area contributed by atoms with Crippen molar-refractivity contribution in [3.05, 3.63) is 0 Å². The molecule has 1 atom stereocenters. The zero-order valence-corrected chi connectivity index (χ0v) is 9.36. The van der Waals surface area contributed by atoms with Gasteiger partial charge in [-0.05, 0) is 13.8 Å². The van der Waals surface area contributed by atoms with Crippen LogP contribution in [0.4, 0.5) is 0 Å². The van der Waals surface area contributed by atoms with E-state index in [9.17, 15) is 4.79 Å². The number of rotatable bonds is 7. The lowest BCUT2D eigenvalue weighted by atomic mass is 10.1. The van der Waals surface area contributed by atoms with Crippen molar-refractivity contribution in [2.75, 3.05) is 20.3 Å². The molecule has 0 heterocycles. The van der Waals surface area contributed by atoms with E-state index < -0.39 is 18.2 Å². The van der Waals surface area contributed by atoms with E-state index in [1.165, 1.54) is 7.11 Å². The average Bonchev–Trinajstić information content (AvgIpc) is 2.25. The average molecular weight is 215 g/mol. The van der Waals surface area contributed by atoms with Gasteiger partial charge in [0.05, 0.1) is 13.2 Å². The number of hydrogen-bond donors (Lipinski definition) is 0. The van der Waals surface area contributed by atoms with Crippen LogP contribution >= 0.6 is 0 Å². The largest absolute Gasteiger partial charge is 0.468 e. The minimum absolute atomic E-state index is 0.199. The van der Waals surface area contributed by atoms with Crippen LogP contribution in [0.5, 0.6) is 0 Å². The van der Waals surface area contributed by atoms with E-state index in [0.717, 1.165) is 0 Å². The van der Waals surface area contributed by atoms with Crippen molar-refractivity contribution in [3.63, 3.8) is 0 Å². The standard InChI is InChI=1S/C10H17NO4/c1-4-14-9(15-5-2)6-8(7-11)10(12)13-3/h8-9H,4-6H2,1-3H3. The van der Waals surface area contributed by atoms with Gasteiger partial charge in [0, 0.05) is 19.6 Å². The third-order valence-electron chi connectivity index (χ3n) is 1.77. The zero-order chi connectivity index (χ0) is 11.7. The first-order valence-electron chi connectivity index (χ1n) is 4.90. The van der Waals surface area contributed by atoms with Crippen molar-refractivity contribution in [3.8, 4) is 6.07 Å². The van der Waals surface area contributed by atoms with Crippen molar-refractivity contribution in [2.24, 2.45) is 5.92 Å². The van der Waals surface area contributed by atoms with Gasteiger partial charge in [-0.15, -0.1) is 0 Å². The molecule has 0 N–H and O–H groups in total. The van der Waals surface area contributed by atoms with Crippen LogP contribution in [0.25, 0.3) is 0 Å². The van der Waals surface area contributed by atoms with E-state index in [4.69, 9.17) is 14.7 Å². The molecule has 0 amide bonds. The summed E-state index contributed by atoms with van der Waals surface area (Å²) in [6.45, 7) is 4.60. The highest BCUT2D eigenvalue weighted by atomic mass is 16.7. The van der Waals surface area contributed by atoms with Crippen LogP contribution in [0.15, 0.2) is 0 Å². The quantitative estimate of drug-likeness (QED) is 0.469. The minimum atomic E-state index is -0.835. The molecule has 0 aliphatic rings. The van der Waals surface area contributed by atoms with Gasteiger partial charge in [0.1, 0.15) is 5.92 Å². The molecule has 0 aromatic carbocycles. The van der Waals surface area contributed by atoms with Crippen LogP contribution in [0.2, 0.25) is 0 Å². The summed E-state index contributed by atoms with van der Waals surface area (Å²) >= 11 is 0. The van der Waals surface area contributed by atoms with Crippen molar-refractivity contribution < 1.29 is 19.0 Å². The Morgan fingerprint density at radius 1 is 1.33 bits per heavy atom. The number of nitrogens with zero attached hydrogens (tertiary/aromatic N) is 1. The molecule has 1 unspecified atom stereocenters. The Hall–Kier alpha value is -1.12. The monoisotopic (exact) mass is 215 g/mol. The molecule has 5 heteroatoms. The summed E-state index contributed by atoms with van der Waals surface area (Å²) in [7, 11) is 1.25. The summed E-state index contributed by atoms with van der Waals surface area (Å²) in [5.74, 6) is -1.39. The molecular weight excluding hydrogens is 198 g/mol. The van der Waals surface area contributed by atoms with Crippen molar-refractivity contribution in [2.45, 2.75) is 26.6 Å². The number of esters is 1. The van der Waals surface area contributed by atoms with E-state index >= 15 is 0 Å². The molecule has 0 spiro atoms. The number of carbonyl (C=O) groups is 1. The number of nitriles is 1. The Morgan fingerprint density at radius 2 is 1.87 bits per heavy atom. The van der Waals surface area contributed by atoms with Crippen LogP contribution in [0.1, 0.15) is 20.3 Å². The van der Waals surface area contributed by atoms with Crippen LogP contribution in [0, 0.1) is 17.2 Å². The third kappa shape index (κ3) is 5.35. The fourth-order valence-corrected chi connectivity index (χ4v) is 1.09. The van der Waals surface area contributed by atoms with Crippen LogP contribution in [-0.4, -0.2) is 32.6 Å². The van der Waals surface area contributed by atoms with Gasteiger partial charge in [-0.3, -0.25) is 4.79 Å². The maximum atomic E-state index is 11.1. The van der Waals surface area contributed by atoms with Gasteiger partial charge < -0.3 is 14.2 Å². The summed E-state index contributed by atoms with van der Waals surface area (Å²) in [4.78, 5) is 11.1. The van der Waals surface area contributed by atoms with E-state index in [2.05, 4.69) is 4.74 Å². The first-order chi connectivity index (χ1) is 7.19. The maximum absolute atomic E-state index is 11.1. The first kappa shape index (κ1) is 13.9. The highest BCUT2D eigenvalue weighted by Crippen LogP contribution is 2.11. The molecule has 86 valence electrons. The summed E-state index contributed by atoms with van der Waals surface area (Å²) in [5, 5.41) is 8.75. The Kier molecular flexibility index (Phi) is 7.60. The molecule has 0 fully saturated rings. The predicted octanol–water partition coefficient (Wildman–Crippen LogP) is 1.09. The maximum Gasteiger partial charge on any atom is 0.323 e. The molecule has 0 aliphatic carbocycles. The molecule has 0 aromatic heterocycles. The van der Waals surface area contributed by atoms with Gasteiger partial charge in [-0.2, -0.15) is 5.26 Å². The number of carbonyl (C=O) groups excluding carboxylic acids is 1. The molecule has 0 aliphatic heterocycles. The second-order valence-corrected chi connectivity index (χ2v) is 2.78. The molecule has 0 radical (unpaired) electrons. The molecule has 5 nitrogen and oxygen atoms in total. The lowest BCUT2D eigenvalue weighted by Crippen LogP contribution is -2.25. The number of methoxy groups -OCH3 is 1. The summed E-state index contributed by atoms with van der Waals surface area (Å²) in [6, 6.07) is 1.87. The van der Waals surface area contributed by atoms with Gasteiger partial charge in [0.25, 0.3) is 0 Å². The Morgan fingerprint density at radius 3 is 2.20 bits per heavy atom. The molecule has 0 rings (SSSR count). The predicted molar refractivity (Wildman–Crippen MR) is 52.8 cm³/mol. The smallest absolute Gasteiger partial charge is 0.323 e. The second-order valence-electron chi connectivity index (χ2n) is 2.78. The van der Waals surface area contributed by atoms with Crippen molar-refractivity contribution in [1.29, 1.82) is 5.26 Å². The van der Waals surface area contributed by atoms with Crippen LogP contribution in [0.3, 0.4) is 0 Å². The van der Waals surface area contributed by atoms with E-state index in [1.54, 1.807) is 0 Å². The highest BCUT2D eigenvalue weighted by molar-refractivity contribution is 5.74. The van der Waals surface area contributed by atoms with Gasteiger partial charge in [0.15, 0.2) is 6.29 Å². The van der Waals surface area contributed by atoms with Crippen molar-refractivity contribution in [1.82, 2.24) is 0 Å². The zero-order valence-electron chi connectivity index (χ0n) is 9.36. The Bertz CT molecular complexity index is 218. The lowest BCUT2D eigenvalue weighted by Gasteiger charge is -2.18. The van der Waals surface area contributed by atoms with Gasteiger partial charge in [0.2, 0.25) is 0 Å². The van der Waals surface area contributed by atoms with Gasteiger partial charge in [-0.25, -0.2) is 0 Å². The lowest BCUT2D eigenvalue weighted by molar-refractivity contribution is -0.159. The van der Waals surface area contributed by atoms with E-state index in [-0.39, 0.29) is 6.42 Å². The summed E-state index contributed by atoms with van der Waals surface area (Å²) < 4.78 is 14.9. The SMILES string of the molecule is CCOC(CC(C#N)C(=O)OC)OCC. The molecule has 0 bridgehead atoms. The summed E-state index contributed by atoms with van der Waals surface area (Å²) in [5.41, 5.74) is 0. The second kappa shape index (κ2) is 8.21. The minimum Gasteiger partial charge on any atom is -0.468 e. The Labute approximate surface area is 89.9 Å². The topological polar surface area (TPSA) is 68.5 Å². The number of hydrogen-bond acceptors (Lipinski definition) is 5. The van der Waals surface area contributed by atoms with E-state index in [0.29, 0.717) is 13.2 Å². The molecular formula is C10H17NO4. The van der Waals surface area contributed by atoms with Gasteiger partial charge in [-0.1, -0.05) is 0 Å². The van der Waals surface area contributed by atoms with Crippen LogP contribution in [-0.2, 0) is 19.0 Å². The molecule has 0 aromatic rings. The molecule has 0 saturated carbocycles. The van der Waals surface area contributed by atoms with E-state index in [1.807, 2.05) is 19.9 Å². The first-order valence-corrected chi connectivity index (χ1v) is 4.90. The van der Waals surface area contributed by atoms with Crippen LogP contribution < -0.4 is 0 Å². The van der Waals surface area contributed by atoms with Gasteiger partial charge >= 0.3 is 5.97 Å². The fourth-order valence-electron chi connectivity index (χ4n) is 1.09. The van der Waals surface area contributed by atoms with Crippen molar-refractivity contribution >= 4 is 5.97 Å². The highest BCUT2D eigenvalue weighted by Gasteiger charge is 2.24. The number of ether oxygens (including phenoxy) is 3. The molecule has 15 heavy (non-hydrogen) atoms.